The van der Waals surface area contributed by atoms with Gasteiger partial charge in [-0.1, -0.05) is 6.58 Å². The van der Waals surface area contributed by atoms with E-state index in [4.69, 9.17) is 18.0 Å². The van der Waals surface area contributed by atoms with Gasteiger partial charge in [-0.25, -0.2) is 0 Å². The smallest absolute Gasteiger partial charge is 0.382 e. The van der Waals surface area contributed by atoms with E-state index in [1.807, 2.05) is 13.8 Å². The second kappa shape index (κ2) is 8.13. The first-order valence-electron chi connectivity index (χ1n) is 4.79. The predicted octanol–water partition coefficient (Wildman–Crippen LogP) is 1.39. The van der Waals surface area contributed by atoms with Crippen molar-refractivity contribution in [2.45, 2.75) is 13.8 Å². The minimum absolute atomic E-state index is 0.467. The Morgan fingerprint density at radius 2 is 1.64 bits per heavy atom. The number of ether oxygens (including phenoxy) is 1. The molecular weight excluding hydrogens is 200 g/mol. The van der Waals surface area contributed by atoms with Crippen LogP contribution < -0.4 is 0 Å². The van der Waals surface area contributed by atoms with Crippen LogP contribution in [0, 0.1) is 0 Å². The van der Waals surface area contributed by atoms with Crippen molar-refractivity contribution in [3.8, 4) is 0 Å². The van der Waals surface area contributed by atoms with Crippen LogP contribution in [0.2, 0.25) is 0 Å². The quantitative estimate of drug-likeness (QED) is 0.434. The molecule has 0 saturated heterocycles. The zero-order valence-electron chi connectivity index (χ0n) is 9.25. The van der Waals surface area contributed by atoms with Crippen LogP contribution >= 0.6 is 0 Å². The second-order valence-corrected chi connectivity index (χ2v) is 5.00. The summed E-state index contributed by atoms with van der Waals surface area (Å²) < 4.78 is 21.4. The van der Waals surface area contributed by atoms with Crippen molar-refractivity contribution >= 4 is 8.80 Å². The van der Waals surface area contributed by atoms with Crippen molar-refractivity contribution < 1.29 is 18.0 Å². The first-order chi connectivity index (χ1) is 6.74. The maximum Gasteiger partial charge on any atom is 0.529 e. The first-order valence-corrected chi connectivity index (χ1v) is 6.59. The minimum atomic E-state index is -2.62. The van der Waals surface area contributed by atoms with Crippen LogP contribution in [0.4, 0.5) is 0 Å². The topological polar surface area (TPSA) is 36.9 Å². The molecule has 14 heavy (non-hydrogen) atoms. The molecule has 0 rings (SSSR count). The third-order valence-corrected chi connectivity index (χ3v) is 4.02. The van der Waals surface area contributed by atoms with E-state index >= 15 is 0 Å². The summed E-state index contributed by atoms with van der Waals surface area (Å²) in [5, 5.41) is 0. The van der Waals surface area contributed by atoms with E-state index < -0.39 is 8.80 Å². The van der Waals surface area contributed by atoms with Crippen molar-refractivity contribution in [2.75, 3.05) is 33.5 Å². The van der Waals surface area contributed by atoms with Gasteiger partial charge in [0.25, 0.3) is 0 Å². The highest BCUT2D eigenvalue weighted by Crippen LogP contribution is 2.10. The average molecular weight is 220 g/mol. The average Bonchev–Trinajstić information content (AvgIpc) is 2.19. The SMILES string of the molecule is C=C[Si](OCC)(OCC)OCCOC. The van der Waals surface area contributed by atoms with Gasteiger partial charge in [-0.05, 0) is 19.5 Å². The fourth-order valence-corrected chi connectivity index (χ4v) is 2.75. The summed E-state index contributed by atoms with van der Waals surface area (Å²) in [5.41, 5.74) is 1.65. The summed E-state index contributed by atoms with van der Waals surface area (Å²) in [6.45, 7) is 9.63. The molecule has 0 atom stereocenters. The predicted molar refractivity (Wildman–Crippen MR) is 57.0 cm³/mol. The molecule has 0 aliphatic carbocycles. The van der Waals surface area contributed by atoms with Gasteiger partial charge in [0.05, 0.1) is 13.2 Å². The van der Waals surface area contributed by atoms with Crippen LogP contribution in [-0.4, -0.2) is 42.3 Å². The van der Waals surface area contributed by atoms with E-state index in [0.717, 1.165) is 0 Å². The van der Waals surface area contributed by atoms with Crippen molar-refractivity contribution in [1.82, 2.24) is 0 Å². The minimum Gasteiger partial charge on any atom is -0.382 e. The Labute approximate surface area is 87.2 Å². The normalized spacial score (nSPS) is 11.6. The molecule has 0 saturated carbocycles. The monoisotopic (exact) mass is 220 g/mol. The van der Waals surface area contributed by atoms with E-state index in [2.05, 4.69) is 6.58 Å². The van der Waals surface area contributed by atoms with Crippen molar-refractivity contribution in [3.05, 3.63) is 12.3 Å². The van der Waals surface area contributed by atoms with Gasteiger partial charge < -0.3 is 18.0 Å². The molecule has 0 radical (unpaired) electrons. The fraction of sp³-hybridized carbons (Fsp3) is 0.778. The number of rotatable bonds is 9. The summed E-state index contributed by atoms with van der Waals surface area (Å²) >= 11 is 0. The molecule has 0 spiro atoms. The molecule has 0 N–H and O–H groups in total. The summed E-state index contributed by atoms with van der Waals surface area (Å²) in [4.78, 5) is 0. The van der Waals surface area contributed by atoms with Crippen molar-refractivity contribution in [2.24, 2.45) is 0 Å². The Kier molecular flexibility index (Phi) is 8.02. The van der Waals surface area contributed by atoms with E-state index in [-0.39, 0.29) is 0 Å². The molecule has 0 amide bonds. The Bertz CT molecular complexity index is 146. The van der Waals surface area contributed by atoms with Crippen LogP contribution in [0.3, 0.4) is 0 Å². The Balaban J connectivity index is 4.10. The lowest BCUT2D eigenvalue weighted by atomic mass is 10.8. The standard InChI is InChI=1S/C9H20O4Si/c1-5-11-14(7-3,12-6-2)13-9-8-10-4/h7H,3,5-6,8-9H2,1-2,4H3. The van der Waals surface area contributed by atoms with Gasteiger partial charge in [0.15, 0.2) is 0 Å². The maximum absolute atomic E-state index is 5.55. The Hall–Kier alpha value is -0.203. The number of hydrogen-bond donors (Lipinski definition) is 0. The molecule has 0 heterocycles. The van der Waals surface area contributed by atoms with E-state index in [0.29, 0.717) is 26.4 Å². The van der Waals surface area contributed by atoms with Crippen LogP contribution in [0.1, 0.15) is 13.8 Å². The van der Waals surface area contributed by atoms with Gasteiger partial charge in [-0.3, -0.25) is 0 Å². The summed E-state index contributed by atoms with van der Waals surface area (Å²) in [5.74, 6) is 0. The molecule has 0 aliphatic heterocycles. The zero-order valence-corrected chi connectivity index (χ0v) is 10.2. The second-order valence-electron chi connectivity index (χ2n) is 2.51. The highest BCUT2D eigenvalue weighted by molar-refractivity contribution is 6.66. The van der Waals surface area contributed by atoms with E-state index in [1.54, 1.807) is 12.8 Å². The Morgan fingerprint density at radius 3 is 2.00 bits per heavy atom. The molecule has 4 nitrogen and oxygen atoms in total. The summed E-state index contributed by atoms with van der Waals surface area (Å²) in [6, 6.07) is 0. The molecule has 0 aromatic rings. The first kappa shape index (κ1) is 13.8. The van der Waals surface area contributed by atoms with E-state index in [1.165, 1.54) is 0 Å². The largest absolute Gasteiger partial charge is 0.529 e. The van der Waals surface area contributed by atoms with Crippen molar-refractivity contribution in [1.29, 1.82) is 0 Å². The highest BCUT2D eigenvalue weighted by atomic mass is 28.4. The lowest BCUT2D eigenvalue weighted by Gasteiger charge is -2.25. The molecule has 0 aliphatic rings. The van der Waals surface area contributed by atoms with Crippen LogP contribution in [-0.2, 0) is 18.0 Å². The van der Waals surface area contributed by atoms with Crippen LogP contribution in [0.15, 0.2) is 12.3 Å². The number of methoxy groups -OCH3 is 1. The van der Waals surface area contributed by atoms with Gasteiger partial charge >= 0.3 is 8.80 Å². The van der Waals surface area contributed by atoms with Gasteiger partial charge in [-0.15, -0.1) is 0 Å². The molecule has 5 heteroatoms. The Morgan fingerprint density at radius 1 is 1.07 bits per heavy atom. The van der Waals surface area contributed by atoms with E-state index in [9.17, 15) is 0 Å². The lowest BCUT2D eigenvalue weighted by molar-refractivity contribution is 0.0552. The third kappa shape index (κ3) is 4.87. The summed E-state index contributed by atoms with van der Waals surface area (Å²) in [7, 11) is -0.996. The van der Waals surface area contributed by atoms with Crippen LogP contribution in [0.25, 0.3) is 0 Å². The molecule has 0 aromatic heterocycles. The van der Waals surface area contributed by atoms with Gasteiger partial charge in [0, 0.05) is 20.3 Å². The fourth-order valence-electron chi connectivity index (χ4n) is 0.971. The van der Waals surface area contributed by atoms with Crippen LogP contribution in [0.5, 0.6) is 0 Å². The molecular formula is C9H20O4Si. The zero-order chi connectivity index (χ0) is 10.9. The third-order valence-electron chi connectivity index (χ3n) is 1.53. The van der Waals surface area contributed by atoms with Crippen molar-refractivity contribution in [3.63, 3.8) is 0 Å². The van der Waals surface area contributed by atoms with Gasteiger partial charge in [-0.2, -0.15) is 0 Å². The van der Waals surface area contributed by atoms with Gasteiger partial charge in [0.1, 0.15) is 0 Å². The number of hydrogen-bond acceptors (Lipinski definition) is 4. The molecule has 84 valence electrons. The maximum atomic E-state index is 5.55. The molecule has 0 unspecified atom stereocenters. The molecule has 0 fully saturated rings. The summed E-state index contributed by atoms with van der Waals surface area (Å²) in [6.07, 6.45) is 0. The molecule has 0 bridgehead atoms. The van der Waals surface area contributed by atoms with Gasteiger partial charge in [0.2, 0.25) is 0 Å². The molecule has 0 aromatic carbocycles. The highest BCUT2D eigenvalue weighted by Gasteiger charge is 2.36. The lowest BCUT2D eigenvalue weighted by Crippen LogP contribution is -2.44.